The molecule has 76 valence electrons. The van der Waals surface area contributed by atoms with Crippen LogP contribution in [-0.2, 0) is 0 Å². The number of nitrogens with zero attached hydrogens (tertiary/aromatic N) is 2. The average Bonchev–Trinajstić information content (AvgIpc) is 2.71. The van der Waals surface area contributed by atoms with Crippen molar-refractivity contribution in [2.24, 2.45) is 0 Å². The fraction of sp³-hybridized carbons (Fsp3) is 0. The van der Waals surface area contributed by atoms with Gasteiger partial charge in [-0.3, -0.25) is 10.1 Å². The van der Waals surface area contributed by atoms with Crippen molar-refractivity contribution in [1.82, 2.24) is 15.2 Å². The van der Waals surface area contributed by atoms with Crippen LogP contribution in [0.4, 0.5) is 11.6 Å². The van der Waals surface area contributed by atoms with E-state index in [9.17, 15) is 4.79 Å². The lowest BCUT2D eigenvalue weighted by Crippen LogP contribution is -2.12. The third-order valence-corrected chi connectivity index (χ3v) is 1.82. The maximum absolute atomic E-state index is 11.6. The zero-order chi connectivity index (χ0) is 10.7. The summed E-state index contributed by atoms with van der Waals surface area (Å²) in [5.74, 6) is 0.0589. The van der Waals surface area contributed by atoms with Gasteiger partial charge in [0.05, 0.1) is 0 Å². The number of benzene rings is 1. The van der Waals surface area contributed by atoms with Crippen molar-refractivity contribution in [3.63, 3.8) is 0 Å². The molecule has 2 aromatic rings. The summed E-state index contributed by atoms with van der Waals surface area (Å²) in [7, 11) is 0. The molecule has 1 aromatic heterocycles. The van der Waals surface area contributed by atoms with Crippen LogP contribution in [-0.4, -0.2) is 21.1 Å². The molecule has 0 aliphatic rings. The second-order valence-electron chi connectivity index (χ2n) is 2.91. The second kappa shape index (κ2) is 3.79. The molecule has 4 N–H and O–H groups in total. The van der Waals surface area contributed by atoms with Crippen molar-refractivity contribution in [3.8, 4) is 0 Å². The Kier molecular flexibility index (Phi) is 2.32. The van der Waals surface area contributed by atoms with Gasteiger partial charge in [-0.25, -0.2) is 5.10 Å². The summed E-state index contributed by atoms with van der Waals surface area (Å²) in [4.78, 5) is 15.4. The maximum atomic E-state index is 11.6. The number of H-pyrrole nitrogens is 1. The van der Waals surface area contributed by atoms with Crippen LogP contribution in [0, 0.1) is 0 Å². The zero-order valence-corrected chi connectivity index (χ0v) is 7.77. The molecule has 2 rings (SSSR count). The van der Waals surface area contributed by atoms with Crippen molar-refractivity contribution in [3.05, 3.63) is 36.2 Å². The summed E-state index contributed by atoms with van der Waals surface area (Å²) < 4.78 is 0. The lowest BCUT2D eigenvalue weighted by atomic mass is 10.2. The van der Waals surface area contributed by atoms with Crippen molar-refractivity contribution in [1.29, 1.82) is 0 Å². The Morgan fingerprint density at radius 2 is 2.07 bits per heavy atom. The Bertz CT molecular complexity index is 448. The number of rotatable bonds is 2. The Hall–Kier alpha value is -2.37. The Balaban J connectivity index is 2.11. The minimum atomic E-state index is -0.258. The smallest absolute Gasteiger partial charge is 0.258 e. The molecule has 1 heterocycles. The van der Waals surface area contributed by atoms with Crippen LogP contribution in [0.5, 0.6) is 0 Å². The summed E-state index contributed by atoms with van der Waals surface area (Å²) >= 11 is 0. The molecule has 1 aromatic carbocycles. The molecule has 0 saturated heterocycles. The van der Waals surface area contributed by atoms with Gasteiger partial charge in [-0.1, -0.05) is 0 Å². The summed E-state index contributed by atoms with van der Waals surface area (Å²) in [5.41, 5.74) is 6.63. The molecule has 0 spiro atoms. The van der Waals surface area contributed by atoms with Crippen LogP contribution < -0.4 is 11.1 Å². The highest BCUT2D eigenvalue weighted by atomic mass is 16.1. The molecule has 15 heavy (non-hydrogen) atoms. The van der Waals surface area contributed by atoms with Crippen LogP contribution in [0.1, 0.15) is 10.4 Å². The number of aromatic nitrogens is 3. The van der Waals surface area contributed by atoms with Crippen molar-refractivity contribution < 1.29 is 4.79 Å². The normalized spacial score (nSPS) is 9.87. The lowest BCUT2D eigenvalue weighted by Gasteiger charge is -2.01. The van der Waals surface area contributed by atoms with Crippen LogP contribution in [0.3, 0.4) is 0 Å². The predicted molar refractivity (Wildman–Crippen MR) is 55.2 cm³/mol. The number of hydrogen-bond donors (Lipinski definition) is 3. The number of carbonyl (C=O) groups is 1. The standard InChI is InChI=1S/C9H9N5O/c10-7-3-1-6(2-4-7)8(15)13-9-11-5-12-14-9/h1-5H,10H2,(H2,11,12,13,14,15). The fourth-order valence-corrected chi connectivity index (χ4v) is 1.08. The molecular formula is C9H9N5O. The monoisotopic (exact) mass is 203 g/mol. The van der Waals surface area contributed by atoms with E-state index in [1.807, 2.05) is 0 Å². The molecule has 0 radical (unpaired) electrons. The maximum Gasteiger partial charge on any atom is 0.258 e. The first-order chi connectivity index (χ1) is 7.25. The van der Waals surface area contributed by atoms with Crippen LogP contribution >= 0.6 is 0 Å². The van der Waals surface area contributed by atoms with Gasteiger partial charge in [0.2, 0.25) is 5.95 Å². The number of nitrogens with two attached hydrogens (primary N) is 1. The van der Waals surface area contributed by atoms with Gasteiger partial charge in [-0.15, -0.1) is 0 Å². The van der Waals surface area contributed by atoms with E-state index in [-0.39, 0.29) is 5.91 Å². The van der Waals surface area contributed by atoms with Gasteiger partial charge in [-0.2, -0.15) is 10.1 Å². The molecule has 1 amide bonds. The first kappa shape index (κ1) is 9.20. The summed E-state index contributed by atoms with van der Waals surface area (Å²) in [6.07, 6.45) is 1.32. The zero-order valence-electron chi connectivity index (χ0n) is 7.77. The van der Waals surface area contributed by atoms with Gasteiger partial charge in [0, 0.05) is 11.3 Å². The minimum Gasteiger partial charge on any atom is -0.399 e. The minimum absolute atomic E-state index is 0.258. The van der Waals surface area contributed by atoms with Crippen molar-refractivity contribution in [2.75, 3.05) is 11.1 Å². The number of nitrogens with one attached hydrogen (secondary N) is 2. The van der Waals surface area contributed by atoms with Crippen molar-refractivity contribution in [2.45, 2.75) is 0 Å². The van der Waals surface area contributed by atoms with Gasteiger partial charge in [0.1, 0.15) is 6.33 Å². The van der Waals surface area contributed by atoms with E-state index in [1.54, 1.807) is 24.3 Å². The Labute approximate surface area is 85.5 Å². The highest BCUT2D eigenvalue weighted by Gasteiger charge is 2.06. The molecule has 0 atom stereocenters. The quantitative estimate of drug-likeness (QED) is 0.624. The summed E-state index contributed by atoms with van der Waals surface area (Å²) in [6.45, 7) is 0. The SMILES string of the molecule is Nc1ccc(C(=O)Nc2ncn[nH]2)cc1. The summed E-state index contributed by atoms with van der Waals surface area (Å²) in [5, 5.41) is 8.69. The Morgan fingerprint density at radius 3 is 2.67 bits per heavy atom. The topological polar surface area (TPSA) is 96.7 Å². The van der Waals surface area contributed by atoms with Gasteiger partial charge < -0.3 is 5.73 Å². The third kappa shape index (κ3) is 2.11. The lowest BCUT2D eigenvalue weighted by molar-refractivity contribution is 0.102. The molecule has 0 aliphatic heterocycles. The number of aromatic amines is 1. The number of hydrogen-bond acceptors (Lipinski definition) is 4. The number of nitrogen functional groups attached to an aromatic ring is 1. The third-order valence-electron chi connectivity index (χ3n) is 1.82. The highest BCUT2D eigenvalue weighted by molar-refractivity contribution is 6.03. The van der Waals surface area contributed by atoms with Gasteiger partial charge in [-0.05, 0) is 24.3 Å². The number of anilines is 2. The molecule has 0 bridgehead atoms. The van der Waals surface area contributed by atoms with Crippen molar-refractivity contribution >= 4 is 17.5 Å². The highest BCUT2D eigenvalue weighted by Crippen LogP contribution is 2.07. The van der Waals surface area contributed by atoms with Crippen LogP contribution in [0.25, 0.3) is 0 Å². The number of carbonyl (C=O) groups excluding carboxylic acids is 1. The van der Waals surface area contributed by atoms with Gasteiger partial charge >= 0.3 is 0 Å². The second-order valence-corrected chi connectivity index (χ2v) is 2.91. The average molecular weight is 203 g/mol. The largest absolute Gasteiger partial charge is 0.399 e. The number of amides is 1. The summed E-state index contributed by atoms with van der Waals surface area (Å²) in [6, 6.07) is 6.60. The molecule has 0 unspecified atom stereocenters. The van der Waals surface area contributed by atoms with Crippen LogP contribution in [0.2, 0.25) is 0 Å². The molecule has 0 fully saturated rings. The fourth-order valence-electron chi connectivity index (χ4n) is 1.08. The van der Waals surface area contributed by atoms with E-state index < -0.39 is 0 Å². The van der Waals surface area contributed by atoms with Crippen LogP contribution in [0.15, 0.2) is 30.6 Å². The van der Waals surface area contributed by atoms with Gasteiger partial charge in [0.25, 0.3) is 5.91 Å². The molecule has 0 saturated carbocycles. The predicted octanol–water partition coefficient (Wildman–Crippen LogP) is 0.639. The molecule has 6 heteroatoms. The van der Waals surface area contributed by atoms with E-state index in [0.717, 1.165) is 0 Å². The molecular weight excluding hydrogens is 194 g/mol. The van der Waals surface area contributed by atoms with E-state index in [2.05, 4.69) is 20.5 Å². The van der Waals surface area contributed by atoms with E-state index >= 15 is 0 Å². The van der Waals surface area contributed by atoms with E-state index in [4.69, 9.17) is 5.73 Å². The Morgan fingerprint density at radius 1 is 1.33 bits per heavy atom. The van der Waals surface area contributed by atoms with Gasteiger partial charge in [0.15, 0.2) is 0 Å². The molecule has 0 aliphatic carbocycles. The first-order valence-corrected chi connectivity index (χ1v) is 4.28. The molecule has 6 nitrogen and oxygen atoms in total. The first-order valence-electron chi connectivity index (χ1n) is 4.28. The van der Waals surface area contributed by atoms with E-state index in [1.165, 1.54) is 6.33 Å². The van der Waals surface area contributed by atoms with E-state index in [0.29, 0.717) is 17.2 Å².